The van der Waals surface area contributed by atoms with Gasteiger partial charge in [-0.2, -0.15) is 0 Å². The lowest BCUT2D eigenvalue weighted by molar-refractivity contribution is -0.132. The Bertz CT molecular complexity index is 909. The molecular weight excluding hydrogens is 376 g/mol. The Kier molecular flexibility index (Phi) is 6.08. The monoisotopic (exact) mass is 396 g/mol. The Hall–Kier alpha value is -2.44. The standard InChI is InChI=1S/C21H20N2O2S2/c1-14-8-6-7-11-17(14)12-18-20(25)23(21(26)27-18)15(2)19(24)22-13-16-9-4-3-5-10-16/h3-12,15H,13H2,1-2H3,(H,22,24)/b18-12-. The average Bonchev–Trinajstić information content (AvgIpc) is 2.95. The number of carbonyl (C=O) groups is 2. The number of carbonyl (C=O) groups excluding carboxylic acids is 2. The molecule has 138 valence electrons. The third-order valence-corrected chi connectivity index (χ3v) is 5.71. The first kappa shape index (κ1) is 19.3. The van der Waals surface area contributed by atoms with Crippen LogP contribution in [0.15, 0.2) is 59.5 Å². The molecule has 27 heavy (non-hydrogen) atoms. The first-order valence-corrected chi connectivity index (χ1v) is 9.84. The highest BCUT2D eigenvalue weighted by molar-refractivity contribution is 8.26. The third-order valence-electron chi connectivity index (χ3n) is 4.37. The van der Waals surface area contributed by atoms with Crippen molar-refractivity contribution in [1.29, 1.82) is 0 Å². The summed E-state index contributed by atoms with van der Waals surface area (Å²) in [5.41, 5.74) is 3.05. The Morgan fingerprint density at radius 1 is 1.19 bits per heavy atom. The second-order valence-corrected chi connectivity index (χ2v) is 7.96. The quantitative estimate of drug-likeness (QED) is 0.615. The van der Waals surface area contributed by atoms with Gasteiger partial charge in [-0.1, -0.05) is 78.6 Å². The number of thiocarbonyl (C=S) groups is 1. The van der Waals surface area contributed by atoms with Gasteiger partial charge in [-0.15, -0.1) is 0 Å². The van der Waals surface area contributed by atoms with E-state index in [1.165, 1.54) is 16.7 Å². The maximum absolute atomic E-state index is 12.8. The summed E-state index contributed by atoms with van der Waals surface area (Å²) in [5, 5.41) is 2.87. The molecule has 3 rings (SSSR count). The van der Waals surface area contributed by atoms with E-state index < -0.39 is 6.04 Å². The number of amides is 2. The molecule has 0 aliphatic carbocycles. The number of benzene rings is 2. The fraction of sp³-hybridized carbons (Fsp3) is 0.190. The predicted octanol–water partition coefficient (Wildman–Crippen LogP) is 3.90. The Balaban J connectivity index is 1.70. The van der Waals surface area contributed by atoms with Gasteiger partial charge in [0, 0.05) is 6.54 Å². The number of aryl methyl sites for hydroxylation is 1. The molecule has 0 bridgehead atoms. The Morgan fingerprint density at radius 3 is 2.56 bits per heavy atom. The molecule has 1 heterocycles. The fourth-order valence-corrected chi connectivity index (χ4v) is 4.16. The number of thioether (sulfide) groups is 1. The second kappa shape index (κ2) is 8.50. The molecule has 1 saturated heterocycles. The summed E-state index contributed by atoms with van der Waals surface area (Å²) in [5.74, 6) is -0.456. The second-order valence-electron chi connectivity index (χ2n) is 6.29. The van der Waals surface area contributed by atoms with E-state index >= 15 is 0 Å². The van der Waals surface area contributed by atoms with Crippen LogP contribution in [0.25, 0.3) is 6.08 Å². The maximum atomic E-state index is 12.8. The molecule has 6 heteroatoms. The van der Waals surface area contributed by atoms with Gasteiger partial charge < -0.3 is 5.32 Å². The van der Waals surface area contributed by atoms with Crippen molar-refractivity contribution in [3.8, 4) is 0 Å². The molecule has 0 saturated carbocycles. The lowest BCUT2D eigenvalue weighted by Crippen LogP contribution is -2.46. The van der Waals surface area contributed by atoms with Gasteiger partial charge in [0.05, 0.1) is 4.91 Å². The molecule has 2 aromatic carbocycles. The SMILES string of the molecule is Cc1ccccc1/C=C1\SC(=S)N(C(C)C(=O)NCc2ccccc2)C1=O. The molecule has 1 N–H and O–H groups in total. The highest BCUT2D eigenvalue weighted by atomic mass is 32.2. The van der Waals surface area contributed by atoms with E-state index in [0.29, 0.717) is 15.8 Å². The van der Waals surface area contributed by atoms with E-state index in [1.807, 2.05) is 67.6 Å². The topological polar surface area (TPSA) is 49.4 Å². The van der Waals surface area contributed by atoms with E-state index in [9.17, 15) is 9.59 Å². The molecule has 4 nitrogen and oxygen atoms in total. The lowest BCUT2D eigenvalue weighted by Gasteiger charge is -2.22. The minimum Gasteiger partial charge on any atom is -0.350 e. The van der Waals surface area contributed by atoms with Crippen LogP contribution >= 0.6 is 24.0 Å². The third kappa shape index (κ3) is 4.46. The molecule has 1 fully saturated rings. The average molecular weight is 397 g/mol. The van der Waals surface area contributed by atoms with Crippen molar-refractivity contribution in [1.82, 2.24) is 10.2 Å². The molecular formula is C21H20N2O2S2. The maximum Gasteiger partial charge on any atom is 0.266 e. The van der Waals surface area contributed by atoms with Crippen molar-refractivity contribution in [3.63, 3.8) is 0 Å². The van der Waals surface area contributed by atoms with Gasteiger partial charge in [0.15, 0.2) is 0 Å². The predicted molar refractivity (Wildman–Crippen MR) is 114 cm³/mol. The first-order chi connectivity index (χ1) is 13.0. The molecule has 2 aromatic rings. The van der Waals surface area contributed by atoms with Gasteiger partial charge in [-0.05, 0) is 36.6 Å². The fourth-order valence-electron chi connectivity index (χ4n) is 2.75. The smallest absolute Gasteiger partial charge is 0.266 e. The molecule has 0 radical (unpaired) electrons. The van der Waals surface area contributed by atoms with Crippen molar-refractivity contribution in [2.45, 2.75) is 26.4 Å². The van der Waals surface area contributed by atoms with Crippen LogP contribution in [0, 0.1) is 6.92 Å². The summed E-state index contributed by atoms with van der Waals surface area (Å²) in [6.07, 6.45) is 1.84. The normalized spacial score (nSPS) is 16.7. The van der Waals surface area contributed by atoms with Crippen LogP contribution in [0.4, 0.5) is 0 Å². The van der Waals surface area contributed by atoms with Gasteiger partial charge in [0.2, 0.25) is 5.91 Å². The molecule has 1 atom stereocenters. The highest BCUT2D eigenvalue weighted by Crippen LogP contribution is 2.34. The van der Waals surface area contributed by atoms with Gasteiger partial charge in [-0.3, -0.25) is 14.5 Å². The number of hydrogen-bond acceptors (Lipinski definition) is 4. The zero-order chi connectivity index (χ0) is 19.4. The Labute approximate surface area is 168 Å². The molecule has 0 aromatic heterocycles. The highest BCUT2D eigenvalue weighted by Gasteiger charge is 2.38. The summed E-state index contributed by atoms with van der Waals surface area (Å²) in [6.45, 7) is 4.10. The summed E-state index contributed by atoms with van der Waals surface area (Å²) in [6, 6.07) is 16.8. The van der Waals surface area contributed by atoms with Crippen LogP contribution in [0.1, 0.15) is 23.6 Å². The van der Waals surface area contributed by atoms with Crippen molar-refractivity contribution < 1.29 is 9.59 Å². The summed E-state index contributed by atoms with van der Waals surface area (Å²) < 4.78 is 0.405. The van der Waals surface area contributed by atoms with Gasteiger partial charge in [0.1, 0.15) is 10.4 Å². The number of hydrogen-bond donors (Lipinski definition) is 1. The molecule has 2 amide bonds. The van der Waals surface area contributed by atoms with E-state index in [2.05, 4.69) is 5.32 Å². The summed E-state index contributed by atoms with van der Waals surface area (Å²) in [7, 11) is 0. The van der Waals surface area contributed by atoms with E-state index in [1.54, 1.807) is 6.92 Å². The van der Waals surface area contributed by atoms with Crippen LogP contribution in [-0.2, 0) is 16.1 Å². The van der Waals surface area contributed by atoms with Crippen molar-refractivity contribution in [2.24, 2.45) is 0 Å². The van der Waals surface area contributed by atoms with Crippen molar-refractivity contribution in [3.05, 3.63) is 76.2 Å². The molecule has 0 spiro atoms. The summed E-state index contributed by atoms with van der Waals surface area (Å²) in [4.78, 5) is 27.3. The summed E-state index contributed by atoms with van der Waals surface area (Å²) >= 11 is 6.60. The zero-order valence-corrected chi connectivity index (χ0v) is 16.8. The van der Waals surface area contributed by atoms with Crippen LogP contribution in [0.3, 0.4) is 0 Å². The van der Waals surface area contributed by atoms with Crippen LogP contribution in [0.5, 0.6) is 0 Å². The first-order valence-electron chi connectivity index (χ1n) is 8.61. The molecule has 1 unspecified atom stereocenters. The van der Waals surface area contributed by atoms with E-state index in [4.69, 9.17) is 12.2 Å². The van der Waals surface area contributed by atoms with Crippen molar-refractivity contribution in [2.75, 3.05) is 0 Å². The van der Waals surface area contributed by atoms with Crippen molar-refractivity contribution >= 4 is 46.2 Å². The number of rotatable bonds is 5. The minimum atomic E-state index is -0.663. The van der Waals surface area contributed by atoms with Gasteiger partial charge >= 0.3 is 0 Å². The van der Waals surface area contributed by atoms with E-state index in [-0.39, 0.29) is 11.8 Å². The van der Waals surface area contributed by atoms with Gasteiger partial charge in [-0.25, -0.2) is 0 Å². The zero-order valence-electron chi connectivity index (χ0n) is 15.1. The minimum absolute atomic E-state index is 0.226. The van der Waals surface area contributed by atoms with E-state index in [0.717, 1.165) is 16.7 Å². The van der Waals surface area contributed by atoms with Crippen LogP contribution in [-0.4, -0.2) is 27.1 Å². The van der Waals surface area contributed by atoms with Crippen LogP contribution in [0.2, 0.25) is 0 Å². The molecule has 1 aliphatic rings. The van der Waals surface area contributed by atoms with Gasteiger partial charge in [0.25, 0.3) is 5.91 Å². The number of nitrogens with one attached hydrogen (secondary N) is 1. The lowest BCUT2D eigenvalue weighted by atomic mass is 10.1. The largest absolute Gasteiger partial charge is 0.350 e. The van der Waals surface area contributed by atoms with Crippen LogP contribution < -0.4 is 5.32 Å². The molecule has 1 aliphatic heterocycles. The Morgan fingerprint density at radius 2 is 1.85 bits per heavy atom. The number of nitrogens with zero attached hydrogens (tertiary/aromatic N) is 1.